The Balaban J connectivity index is 2.06. The average molecular weight is 291 g/mol. The number of nitrogens with zero attached hydrogens (tertiary/aromatic N) is 1. The van der Waals surface area contributed by atoms with Crippen molar-refractivity contribution in [3.8, 4) is 0 Å². The first kappa shape index (κ1) is 15.2. The molecule has 2 aliphatic heterocycles. The third kappa shape index (κ3) is 3.66. The van der Waals surface area contributed by atoms with Crippen molar-refractivity contribution in [1.29, 1.82) is 0 Å². The molecule has 0 aromatic heterocycles. The van der Waals surface area contributed by atoms with Gasteiger partial charge in [-0.2, -0.15) is 17.4 Å². The van der Waals surface area contributed by atoms with Gasteiger partial charge in [0.05, 0.1) is 5.54 Å². The zero-order valence-electron chi connectivity index (χ0n) is 11.6. The Labute approximate surface area is 115 Å². The highest BCUT2D eigenvalue weighted by Gasteiger charge is 2.38. The smallest absolute Gasteiger partial charge is 0.280 e. The van der Waals surface area contributed by atoms with E-state index >= 15 is 0 Å². The van der Waals surface area contributed by atoms with Crippen LogP contribution in [0.5, 0.6) is 0 Å². The van der Waals surface area contributed by atoms with Gasteiger partial charge in [0.15, 0.2) is 0 Å². The van der Waals surface area contributed by atoms with E-state index < -0.39 is 15.7 Å². The maximum absolute atomic E-state index is 12.5. The lowest BCUT2D eigenvalue weighted by molar-refractivity contribution is 0.0493. The van der Waals surface area contributed by atoms with Crippen LogP contribution >= 0.6 is 0 Å². The van der Waals surface area contributed by atoms with E-state index in [9.17, 15) is 8.42 Å². The third-order valence-electron chi connectivity index (χ3n) is 4.15. The molecule has 19 heavy (non-hydrogen) atoms. The fourth-order valence-corrected chi connectivity index (χ4v) is 4.60. The largest absolute Gasteiger partial charge is 0.381 e. The highest BCUT2D eigenvalue weighted by Crippen LogP contribution is 2.23. The molecule has 0 amide bonds. The van der Waals surface area contributed by atoms with Crippen LogP contribution in [0, 0.1) is 5.92 Å². The van der Waals surface area contributed by atoms with Crippen molar-refractivity contribution in [2.75, 3.05) is 32.8 Å². The zero-order chi connectivity index (χ0) is 13.9. The van der Waals surface area contributed by atoms with Crippen LogP contribution in [0.2, 0.25) is 0 Å². The van der Waals surface area contributed by atoms with Crippen LogP contribution in [0.1, 0.15) is 32.6 Å². The number of hydrogen-bond donors (Lipinski definition) is 2. The van der Waals surface area contributed by atoms with Crippen molar-refractivity contribution in [2.45, 2.75) is 38.1 Å². The van der Waals surface area contributed by atoms with Crippen molar-refractivity contribution < 1.29 is 13.2 Å². The molecule has 2 aliphatic rings. The molecular formula is C12H25N3O3S. The van der Waals surface area contributed by atoms with Crippen LogP contribution in [0.3, 0.4) is 0 Å². The van der Waals surface area contributed by atoms with Crippen molar-refractivity contribution >= 4 is 10.2 Å². The Morgan fingerprint density at radius 3 is 2.68 bits per heavy atom. The molecule has 0 bridgehead atoms. The summed E-state index contributed by atoms with van der Waals surface area (Å²) in [6.45, 7) is 4.75. The van der Waals surface area contributed by atoms with Gasteiger partial charge in [0.25, 0.3) is 10.2 Å². The predicted molar refractivity (Wildman–Crippen MR) is 73.9 cm³/mol. The fraction of sp³-hybridized carbons (Fsp3) is 1.00. The summed E-state index contributed by atoms with van der Waals surface area (Å²) in [5, 5.41) is 0. The molecule has 7 heteroatoms. The van der Waals surface area contributed by atoms with Crippen molar-refractivity contribution in [3.05, 3.63) is 0 Å². The molecule has 0 aromatic carbocycles. The van der Waals surface area contributed by atoms with Gasteiger partial charge in [0.1, 0.15) is 0 Å². The van der Waals surface area contributed by atoms with Gasteiger partial charge in [0, 0.05) is 32.8 Å². The summed E-state index contributed by atoms with van der Waals surface area (Å²) in [4.78, 5) is 0. The number of ether oxygens (including phenoxy) is 1. The van der Waals surface area contributed by atoms with Crippen LogP contribution in [-0.2, 0) is 14.9 Å². The molecule has 0 saturated carbocycles. The number of piperidine rings is 1. The predicted octanol–water partition coefficient (Wildman–Crippen LogP) is 0.0606. The van der Waals surface area contributed by atoms with Gasteiger partial charge in [-0.15, -0.1) is 0 Å². The lowest BCUT2D eigenvalue weighted by atomic mass is 9.92. The van der Waals surface area contributed by atoms with Gasteiger partial charge in [-0.05, 0) is 31.6 Å². The molecule has 1 atom stereocenters. The topological polar surface area (TPSA) is 84.7 Å². The molecule has 2 saturated heterocycles. The molecule has 112 valence electrons. The summed E-state index contributed by atoms with van der Waals surface area (Å²) in [5.41, 5.74) is 5.27. The van der Waals surface area contributed by atoms with Crippen LogP contribution in [0.15, 0.2) is 0 Å². The van der Waals surface area contributed by atoms with E-state index in [4.69, 9.17) is 10.5 Å². The molecule has 2 rings (SSSR count). The van der Waals surface area contributed by atoms with E-state index in [-0.39, 0.29) is 0 Å². The summed E-state index contributed by atoms with van der Waals surface area (Å²) in [5.74, 6) is 0.425. The Bertz CT molecular complexity index is 393. The minimum Gasteiger partial charge on any atom is -0.381 e. The number of rotatable bonds is 4. The molecule has 0 spiro atoms. The summed E-state index contributed by atoms with van der Waals surface area (Å²) in [6.07, 6.45) is 3.32. The van der Waals surface area contributed by atoms with Gasteiger partial charge in [-0.3, -0.25) is 0 Å². The van der Waals surface area contributed by atoms with Gasteiger partial charge in [0.2, 0.25) is 0 Å². The van der Waals surface area contributed by atoms with Crippen molar-refractivity contribution in [2.24, 2.45) is 11.7 Å². The number of nitrogens with one attached hydrogen (secondary N) is 1. The van der Waals surface area contributed by atoms with Gasteiger partial charge in [-0.25, -0.2) is 0 Å². The van der Waals surface area contributed by atoms with E-state index in [1.165, 1.54) is 0 Å². The molecule has 3 N–H and O–H groups in total. The molecular weight excluding hydrogens is 266 g/mol. The van der Waals surface area contributed by atoms with Crippen LogP contribution in [0.4, 0.5) is 0 Å². The van der Waals surface area contributed by atoms with Gasteiger partial charge in [-0.1, -0.05) is 6.92 Å². The van der Waals surface area contributed by atoms with E-state index in [2.05, 4.69) is 11.6 Å². The normalized spacial score (nSPS) is 29.3. The standard InChI is InChI=1S/C12H25N3O3S/c1-11-3-2-6-15(9-11)19(16,17)14-12(10-13)4-7-18-8-5-12/h11,14H,2-10,13H2,1H3. The molecule has 2 fully saturated rings. The summed E-state index contributed by atoms with van der Waals surface area (Å²) in [7, 11) is -3.44. The van der Waals surface area contributed by atoms with Crippen LogP contribution in [-0.4, -0.2) is 51.1 Å². The molecule has 0 aromatic rings. The monoisotopic (exact) mass is 291 g/mol. The molecule has 1 unspecified atom stereocenters. The Morgan fingerprint density at radius 2 is 2.11 bits per heavy atom. The Hall–Kier alpha value is -0.210. The third-order valence-corrected chi connectivity index (χ3v) is 5.85. The number of nitrogens with two attached hydrogens (primary N) is 1. The van der Waals surface area contributed by atoms with Gasteiger partial charge < -0.3 is 10.5 Å². The van der Waals surface area contributed by atoms with Gasteiger partial charge >= 0.3 is 0 Å². The SMILES string of the molecule is CC1CCCN(S(=O)(=O)NC2(CN)CCOCC2)C1. The summed E-state index contributed by atoms with van der Waals surface area (Å²) < 4.78 is 34.7. The van der Waals surface area contributed by atoms with E-state index in [1.54, 1.807) is 4.31 Å². The van der Waals surface area contributed by atoms with Crippen LogP contribution < -0.4 is 10.5 Å². The first-order chi connectivity index (χ1) is 8.97. The second kappa shape index (κ2) is 6.05. The second-order valence-electron chi connectivity index (χ2n) is 5.81. The first-order valence-electron chi connectivity index (χ1n) is 7.04. The highest BCUT2D eigenvalue weighted by atomic mass is 32.2. The van der Waals surface area contributed by atoms with Crippen molar-refractivity contribution in [1.82, 2.24) is 9.03 Å². The Kier molecular flexibility index (Phi) is 4.84. The van der Waals surface area contributed by atoms with E-state index in [0.717, 1.165) is 12.8 Å². The minimum atomic E-state index is -3.44. The maximum atomic E-state index is 12.5. The number of hydrogen-bond acceptors (Lipinski definition) is 4. The highest BCUT2D eigenvalue weighted by molar-refractivity contribution is 7.87. The summed E-state index contributed by atoms with van der Waals surface area (Å²) >= 11 is 0. The lowest BCUT2D eigenvalue weighted by Crippen LogP contribution is -2.60. The fourth-order valence-electron chi connectivity index (χ4n) is 2.81. The van der Waals surface area contributed by atoms with Crippen molar-refractivity contribution in [3.63, 3.8) is 0 Å². The van der Waals surface area contributed by atoms with E-state index in [1.807, 2.05) is 0 Å². The molecule has 0 radical (unpaired) electrons. The molecule has 0 aliphatic carbocycles. The molecule has 2 heterocycles. The lowest BCUT2D eigenvalue weighted by Gasteiger charge is -2.39. The zero-order valence-corrected chi connectivity index (χ0v) is 12.4. The maximum Gasteiger partial charge on any atom is 0.280 e. The summed E-state index contributed by atoms with van der Waals surface area (Å²) in [6, 6.07) is 0. The average Bonchev–Trinajstić information content (AvgIpc) is 2.39. The minimum absolute atomic E-state index is 0.318. The quantitative estimate of drug-likeness (QED) is 0.767. The second-order valence-corrected chi connectivity index (χ2v) is 7.48. The Morgan fingerprint density at radius 1 is 1.42 bits per heavy atom. The van der Waals surface area contributed by atoms with Crippen LogP contribution in [0.25, 0.3) is 0 Å². The van der Waals surface area contributed by atoms with E-state index in [0.29, 0.717) is 51.6 Å². The first-order valence-corrected chi connectivity index (χ1v) is 8.48. The molecule has 6 nitrogen and oxygen atoms in total.